The molecule has 10 heteroatoms. The second-order valence-electron chi connectivity index (χ2n) is 5.82. The zero-order valence-electron chi connectivity index (χ0n) is 13.3. The van der Waals surface area contributed by atoms with Gasteiger partial charge in [0.05, 0.1) is 6.10 Å². The molecule has 0 amide bonds. The van der Waals surface area contributed by atoms with Crippen molar-refractivity contribution in [1.82, 2.24) is 14.5 Å². The van der Waals surface area contributed by atoms with Crippen molar-refractivity contribution in [3.8, 4) is 11.8 Å². The number of fused-ring (bicyclic) bond motifs is 1. The summed E-state index contributed by atoms with van der Waals surface area (Å²) in [5, 5.41) is 20.0. The summed E-state index contributed by atoms with van der Waals surface area (Å²) in [6.07, 6.45) is -3.74. The van der Waals surface area contributed by atoms with Crippen molar-refractivity contribution >= 4 is 28.6 Å². The fraction of sp³-hybridized carbons (Fsp3) is 0.467. The molecule has 0 bridgehead atoms. The second-order valence-corrected chi connectivity index (χ2v) is 6.44. The molecule has 3 rings (SSSR count). The predicted octanol–water partition coefficient (Wildman–Crippen LogP) is 0.0859. The van der Waals surface area contributed by atoms with Gasteiger partial charge in [0, 0.05) is 6.20 Å². The third-order valence-electron chi connectivity index (χ3n) is 4.09. The van der Waals surface area contributed by atoms with Crippen molar-refractivity contribution in [2.45, 2.75) is 43.3 Å². The highest BCUT2D eigenvalue weighted by atomic mass is 35.5. The Kier molecular flexibility index (Phi) is 4.25. The van der Waals surface area contributed by atoms with Gasteiger partial charge in [-0.2, -0.15) is 4.98 Å². The number of hydrogen-bond donors (Lipinski definition) is 4. The average molecular weight is 371 g/mol. The topological polar surface area (TPSA) is 126 Å². The van der Waals surface area contributed by atoms with Crippen LogP contribution in [0.3, 0.4) is 0 Å². The largest absolute Gasteiger partial charge is 0.391 e. The van der Waals surface area contributed by atoms with Gasteiger partial charge in [0.25, 0.3) is 5.56 Å². The lowest BCUT2D eigenvalue weighted by Gasteiger charge is -2.25. The number of nitrogens with zero attached hydrogens (tertiary/aromatic N) is 2. The van der Waals surface area contributed by atoms with E-state index >= 15 is 0 Å². The predicted molar refractivity (Wildman–Crippen MR) is 88.4 cm³/mol. The fourth-order valence-corrected chi connectivity index (χ4v) is 3.36. The average Bonchev–Trinajstić information content (AvgIpc) is 2.96. The number of aromatic nitrogens is 3. The van der Waals surface area contributed by atoms with Crippen molar-refractivity contribution in [2.75, 3.05) is 5.73 Å². The van der Waals surface area contributed by atoms with E-state index in [0.717, 1.165) is 10.8 Å². The molecule has 134 valence electrons. The van der Waals surface area contributed by atoms with E-state index in [0.29, 0.717) is 0 Å². The molecular weight excluding hydrogens is 355 g/mol. The fourth-order valence-electron chi connectivity index (χ4n) is 2.99. The van der Waals surface area contributed by atoms with Crippen LogP contribution < -0.4 is 11.3 Å². The van der Waals surface area contributed by atoms with E-state index in [4.69, 9.17) is 22.1 Å². The van der Waals surface area contributed by atoms with Crippen LogP contribution in [0, 0.1) is 17.7 Å². The molecule has 1 aliphatic rings. The molecule has 3 heterocycles. The SMILES string of the molecule is CC#CC1(Cl)[C@@H](O)[C@@H]([C@H](C)O)O[C@H]1n1cc(F)c2c(=O)[nH]c(N)nc21. The number of nitrogens with two attached hydrogens (primary N) is 1. The van der Waals surface area contributed by atoms with Gasteiger partial charge in [0.15, 0.2) is 22.6 Å². The lowest BCUT2D eigenvalue weighted by atomic mass is 9.97. The number of nitrogens with one attached hydrogen (secondary N) is 1. The van der Waals surface area contributed by atoms with Crippen molar-refractivity contribution in [2.24, 2.45) is 0 Å². The van der Waals surface area contributed by atoms with Gasteiger partial charge >= 0.3 is 0 Å². The molecule has 0 radical (unpaired) electrons. The highest BCUT2D eigenvalue weighted by Gasteiger charge is 2.57. The smallest absolute Gasteiger partial charge is 0.264 e. The van der Waals surface area contributed by atoms with Crippen LogP contribution in [0.5, 0.6) is 0 Å². The Morgan fingerprint density at radius 2 is 2.32 bits per heavy atom. The van der Waals surface area contributed by atoms with Crippen molar-refractivity contribution in [3.05, 3.63) is 22.4 Å². The second kappa shape index (κ2) is 6.00. The Morgan fingerprint density at radius 3 is 2.92 bits per heavy atom. The van der Waals surface area contributed by atoms with E-state index < -0.39 is 40.8 Å². The summed E-state index contributed by atoms with van der Waals surface area (Å²) in [6.45, 7) is 2.93. The first-order chi connectivity index (χ1) is 11.7. The third kappa shape index (κ3) is 2.58. The van der Waals surface area contributed by atoms with Gasteiger partial charge in [-0.3, -0.25) is 14.3 Å². The number of aromatic amines is 1. The molecule has 5 atom stereocenters. The van der Waals surface area contributed by atoms with Crippen molar-refractivity contribution < 1.29 is 19.3 Å². The number of aliphatic hydroxyl groups excluding tert-OH is 2. The zero-order chi connectivity index (χ0) is 18.5. The number of rotatable bonds is 2. The van der Waals surface area contributed by atoms with E-state index in [1.807, 2.05) is 0 Å². The first-order valence-corrected chi connectivity index (χ1v) is 7.78. The summed E-state index contributed by atoms with van der Waals surface area (Å²) < 4.78 is 21.1. The normalized spacial score (nSPS) is 30.2. The van der Waals surface area contributed by atoms with E-state index in [-0.39, 0.29) is 17.0 Å². The van der Waals surface area contributed by atoms with Gasteiger partial charge in [-0.25, -0.2) is 4.39 Å². The van der Waals surface area contributed by atoms with Crippen LogP contribution in [0.4, 0.5) is 10.3 Å². The molecule has 0 aliphatic carbocycles. The number of H-pyrrole nitrogens is 1. The van der Waals surface area contributed by atoms with Crippen molar-refractivity contribution in [1.29, 1.82) is 0 Å². The first kappa shape index (κ1) is 17.7. The molecule has 0 spiro atoms. The van der Waals surface area contributed by atoms with Gasteiger partial charge in [-0.05, 0) is 13.8 Å². The van der Waals surface area contributed by atoms with Crippen LogP contribution in [-0.4, -0.2) is 47.9 Å². The molecule has 1 aliphatic heterocycles. The molecule has 1 saturated heterocycles. The number of nitrogen functional groups attached to an aromatic ring is 1. The lowest BCUT2D eigenvalue weighted by Crippen LogP contribution is -2.43. The van der Waals surface area contributed by atoms with Crippen LogP contribution in [0.1, 0.15) is 20.1 Å². The minimum Gasteiger partial charge on any atom is -0.391 e. The minimum atomic E-state index is -1.69. The molecule has 25 heavy (non-hydrogen) atoms. The minimum absolute atomic E-state index is 0.106. The number of halogens is 2. The Bertz CT molecular complexity index is 947. The zero-order valence-corrected chi connectivity index (χ0v) is 14.1. The summed E-state index contributed by atoms with van der Waals surface area (Å²) >= 11 is 6.50. The highest BCUT2D eigenvalue weighted by Crippen LogP contribution is 2.45. The highest BCUT2D eigenvalue weighted by molar-refractivity contribution is 6.27. The van der Waals surface area contributed by atoms with Crippen LogP contribution in [0.15, 0.2) is 11.0 Å². The monoisotopic (exact) mass is 370 g/mol. The van der Waals surface area contributed by atoms with E-state index in [1.54, 1.807) is 0 Å². The molecule has 0 aromatic carbocycles. The maximum absolute atomic E-state index is 14.3. The van der Waals surface area contributed by atoms with Crippen LogP contribution in [-0.2, 0) is 4.74 Å². The standard InChI is InChI=1S/C15H16ClFN4O4/c1-3-4-15(16)10(23)9(6(2)22)25-13(15)21-5-7(17)8-11(21)19-14(18)20-12(8)24/h5-6,9-10,13,22-23H,1-2H3,(H3,18,19,20,24)/t6-,9+,10-,13+,15?/m0/s1. The van der Waals surface area contributed by atoms with Gasteiger partial charge in [-0.1, -0.05) is 17.5 Å². The Morgan fingerprint density at radius 1 is 1.64 bits per heavy atom. The number of alkyl halides is 1. The summed E-state index contributed by atoms with van der Waals surface area (Å²) in [6, 6.07) is 0. The Hall–Kier alpha value is -2.12. The maximum atomic E-state index is 14.3. The number of hydrogen-bond acceptors (Lipinski definition) is 6. The lowest BCUT2D eigenvalue weighted by molar-refractivity contribution is -0.0752. The Labute approximate surface area is 146 Å². The van der Waals surface area contributed by atoms with Gasteiger partial charge in [0.1, 0.15) is 17.6 Å². The first-order valence-electron chi connectivity index (χ1n) is 7.41. The van der Waals surface area contributed by atoms with Crippen LogP contribution in [0.2, 0.25) is 0 Å². The molecular formula is C15H16ClFN4O4. The van der Waals surface area contributed by atoms with Crippen molar-refractivity contribution in [3.63, 3.8) is 0 Å². The summed E-state index contributed by atoms with van der Waals surface area (Å²) in [4.78, 5) is 16.4. The van der Waals surface area contributed by atoms with Gasteiger partial charge in [0.2, 0.25) is 5.95 Å². The van der Waals surface area contributed by atoms with E-state index in [1.165, 1.54) is 13.8 Å². The quantitative estimate of drug-likeness (QED) is 0.438. The van der Waals surface area contributed by atoms with E-state index in [9.17, 15) is 19.4 Å². The molecule has 1 fully saturated rings. The number of ether oxygens (including phenoxy) is 1. The molecule has 0 saturated carbocycles. The molecule has 1 unspecified atom stereocenters. The Balaban J connectivity index is 2.25. The number of anilines is 1. The van der Waals surface area contributed by atoms with Gasteiger partial charge in [-0.15, -0.1) is 5.92 Å². The summed E-state index contributed by atoms with van der Waals surface area (Å²) in [5.41, 5.74) is 4.67. The molecule has 2 aromatic rings. The van der Waals surface area contributed by atoms with E-state index in [2.05, 4.69) is 21.8 Å². The van der Waals surface area contributed by atoms with Crippen LogP contribution >= 0.6 is 11.6 Å². The molecule has 2 aromatic heterocycles. The van der Waals surface area contributed by atoms with Crippen LogP contribution in [0.25, 0.3) is 11.0 Å². The van der Waals surface area contributed by atoms with Gasteiger partial charge < -0.3 is 20.7 Å². The molecule has 8 nitrogen and oxygen atoms in total. The third-order valence-corrected chi connectivity index (χ3v) is 4.59. The summed E-state index contributed by atoms with van der Waals surface area (Å²) in [7, 11) is 0. The molecule has 5 N–H and O–H groups in total. The number of aliphatic hydroxyl groups is 2. The maximum Gasteiger partial charge on any atom is 0.264 e. The summed E-state index contributed by atoms with van der Waals surface area (Å²) in [5.74, 6) is 4.17.